The molecule has 0 saturated carbocycles. The number of likely N-dealkylation sites (tertiary alicyclic amines) is 1. The van der Waals surface area contributed by atoms with Crippen LogP contribution in [-0.2, 0) is 4.74 Å². The third kappa shape index (κ3) is 4.34. The van der Waals surface area contributed by atoms with Gasteiger partial charge in [-0.1, -0.05) is 12.1 Å². The van der Waals surface area contributed by atoms with Crippen LogP contribution in [0.3, 0.4) is 0 Å². The summed E-state index contributed by atoms with van der Waals surface area (Å²) in [5.74, 6) is 0.0412. The summed E-state index contributed by atoms with van der Waals surface area (Å²) in [5.41, 5.74) is 3.11. The summed E-state index contributed by atoms with van der Waals surface area (Å²) in [5, 5.41) is 7.40. The Hall–Kier alpha value is -1.69. The lowest BCUT2D eigenvalue weighted by Gasteiger charge is -2.33. The quantitative estimate of drug-likeness (QED) is 0.871. The Morgan fingerprint density at radius 2 is 1.92 bits per heavy atom. The van der Waals surface area contributed by atoms with E-state index < -0.39 is 0 Å². The highest BCUT2D eigenvalue weighted by atomic mass is 32.1. The molecule has 1 N–H and O–H groups in total. The molecule has 0 aliphatic carbocycles. The average Bonchev–Trinajstić information content (AvgIpc) is 3.37. The Bertz CT molecular complexity index is 700. The van der Waals surface area contributed by atoms with E-state index in [-0.39, 0.29) is 11.9 Å². The van der Waals surface area contributed by atoms with Crippen molar-refractivity contribution in [2.45, 2.75) is 37.8 Å². The fourth-order valence-electron chi connectivity index (χ4n) is 3.85. The van der Waals surface area contributed by atoms with E-state index in [1.165, 1.54) is 18.4 Å². The summed E-state index contributed by atoms with van der Waals surface area (Å²) in [6, 6.07) is 10.3. The Balaban J connectivity index is 1.26. The number of nitrogens with one attached hydrogen (secondary N) is 1. The van der Waals surface area contributed by atoms with Gasteiger partial charge >= 0.3 is 0 Å². The molecule has 1 atom stereocenters. The second-order valence-corrected chi connectivity index (χ2v) is 8.05. The average molecular weight is 371 g/mol. The number of amides is 1. The molecule has 0 radical (unpaired) electrons. The van der Waals surface area contributed by atoms with Crippen LogP contribution in [0.25, 0.3) is 11.1 Å². The normalized spacial score (nSPS) is 21.8. The van der Waals surface area contributed by atoms with Crippen LogP contribution in [0.15, 0.2) is 41.1 Å². The minimum atomic E-state index is 0.0412. The van der Waals surface area contributed by atoms with Gasteiger partial charge in [-0.3, -0.25) is 4.79 Å². The van der Waals surface area contributed by atoms with Crippen molar-refractivity contribution in [1.29, 1.82) is 0 Å². The van der Waals surface area contributed by atoms with Gasteiger partial charge in [0.15, 0.2) is 0 Å². The van der Waals surface area contributed by atoms with E-state index in [9.17, 15) is 4.79 Å². The van der Waals surface area contributed by atoms with Gasteiger partial charge in [-0.25, -0.2) is 0 Å². The van der Waals surface area contributed by atoms with Crippen LogP contribution in [0.2, 0.25) is 0 Å². The molecule has 0 unspecified atom stereocenters. The standard InChI is InChI=1S/C21H26N2O2S/c24-21(17-5-3-16(4-6-17)18-9-13-26-15-18)22-19-7-10-23(11-8-19)14-20-2-1-12-25-20/h3-6,9,13,15,19-20H,1-2,7-8,10-12,14H2,(H,22,24)/t20-/m0/s1. The molecule has 1 aromatic heterocycles. The second-order valence-electron chi connectivity index (χ2n) is 7.27. The molecule has 4 nitrogen and oxygen atoms in total. The molecular formula is C21H26N2O2S. The van der Waals surface area contributed by atoms with Crippen molar-refractivity contribution in [1.82, 2.24) is 10.2 Å². The number of rotatable bonds is 5. The number of hydrogen-bond acceptors (Lipinski definition) is 4. The predicted molar refractivity (Wildman–Crippen MR) is 106 cm³/mol. The maximum atomic E-state index is 12.5. The van der Waals surface area contributed by atoms with E-state index in [1.54, 1.807) is 11.3 Å². The predicted octanol–water partition coefficient (Wildman–Crippen LogP) is 3.79. The van der Waals surface area contributed by atoms with E-state index in [0.29, 0.717) is 6.10 Å². The lowest BCUT2D eigenvalue weighted by molar-refractivity contribution is 0.0613. The number of piperidine rings is 1. The molecule has 138 valence electrons. The molecule has 2 aliphatic rings. The highest BCUT2D eigenvalue weighted by Gasteiger charge is 2.24. The molecule has 2 aliphatic heterocycles. The van der Waals surface area contributed by atoms with Gasteiger partial charge in [0, 0.05) is 37.8 Å². The molecule has 1 aromatic carbocycles. The maximum absolute atomic E-state index is 12.5. The van der Waals surface area contributed by atoms with Gasteiger partial charge in [-0.15, -0.1) is 0 Å². The fourth-order valence-corrected chi connectivity index (χ4v) is 4.51. The van der Waals surface area contributed by atoms with Gasteiger partial charge in [-0.2, -0.15) is 11.3 Å². The summed E-state index contributed by atoms with van der Waals surface area (Å²) in [7, 11) is 0. The first-order valence-corrected chi connectivity index (χ1v) is 10.5. The van der Waals surface area contributed by atoms with Crippen LogP contribution in [-0.4, -0.2) is 49.2 Å². The van der Waals surface area contributed by atoms with Crippen LogP contribution >= 0.6 is 11.3 Å². The smallest absolute Gasteiger partial charge is 0.251 e. The minimum Gasteiger partial charge on any atom is -0.377 e. The van der Waals surface area contributed by atoms with Crippen LogP contribution in [0.5, 0.6) is 0 Å². The Morgan fingerprint density at radius 1 is 1.12 bits per heavy atom. The van der Waals surface area contributed by atoms with Crippen LogP contribution < -0.4 is 5.32 Å². The molecule has 4 rings (SSSR count). The maximum Gasteiger partial charge on any atom is 0.251 e. The van der Waals surface area contributed by atoms with Crippen molar-refractivity contribution < 1.29 is 9.53 Å². The highest BCUT2D eigenvalue weighted by Crippen LogP contribution is 2.22. The van der Waals surface area contributed by atoms with Crippen molar-refractivity contribution in [3.05, 3.63) is 46.7 Å². The van der Waals surface area contributed by atoms with Crippen LogP contribution in [0.4, 0.5) is 0 Å². The van der Waals surface area contributed by atoms with Gasteiger partial charge in [0.1, 0.15) is 0 Å². The van der Waals surface area contributed by atoms with Gasteiger partial charge in [0.25, 0.3) is 5.91 Å². The zero-order valence-corrected chi connectivity index (χ0v) is 15.8. The van der Waals surface area contributed by atoms with Crippen molar-refractivity contribution >= 4 is 17.2 Å². The fraction of sp³-hybridized carbons (Fsp3) is 0.476. The first kappa shape index (κ1) is 17.7. The zero-order valence-electron chi connectivity index (χ0n) is 15.0. The zero-order chi connectivity index (χ0) is 17.8. The number of thiophene rings is 1. The molecular weight excluding hydrogens is 344 g/mol. The third-order valence-corrected chi connectivity index (χ3v) is 6.09. The number of benzene rings is 1. The highest BCUT2D eigenvalue weighted by molar-refractivity contribution is 7.08. The van der Waals surface area contributed by atoms with Gasteiger partial charge in [0.05, 0.1) is 6.10 Å². The van der Waals surface area contributed by atoms with E-state index in [1.807, 2.05) is 24.3 Å². The van der Waals surface area contributed by atoms with Gasteiger partial charge < -0.3 is 15.0 Å². The summed E-state index contributed by atoms with van der Waals surface area (Å²) in [6.45, 7) is 4.05. The first-order chi connectivity index (χ1) is 12.8. The Kier molecular flexibility index (Phi) is 5.68. The molecule has 2 fully saturated rings. The first-order valence-electron chi connectivity index (χ1n) is 9.55. The number of nitrogens with zero attached hydrogens (tertiary/aromatic N) is 1. The topological polar surface area (TPSA) is 41.6 Å². The lowest BCUT2D eigenvalue weighted by atomic mass is 10.0. The summed E-state index contributed by atoms with van der Waals surface area (Å²) in [6.07, 6.45) is 4.85. The van der Waals surface area contributed by atoms with E-state index in [0.717, 1.165) is 50.2 Å². The van der Waals surface area contributed by atoms with E-state index in [2.05, 4.69) is 27.0 Å². The monoisotopic (exact) mass is 370 g/mol. The molecule has 0 spiro atoms. The van der Waals surface area contributed by atoms with Crippen LogP contribution in [0, 0.1) is 0 Å². The van der Waals surface area contributed by atoms with Crippen molar-refractivity contribution in [2.24, 2.45) is 0 Å². The van der Waals surface area contributed by atoms with Crippen molar-refractivity contribution in [2.75, 3.05) is 26.2 Å². The molecule has 3 heterocycles. The molecule has 1 amide bonds. The molecule has 5 heteroatoms. The van der Waals surface area contributed by atoms with Crippen LogP contribution in [0.1, 0.15) is 36.0 Å². The Labute approximate surface area is 159 Å². The van der Waals surface area contributed by atoms with Gasteiger partial charge in [0.2, 0.25) is 0 Å². The summed E-state index contributed by atoms with van der Waals surface area (Å²) in [4.78, 5) is 15.0. The number of carbonyl (C=O) groups is 1. The minimum absolute atomic E-state index is 0.0412. The summed E-state index contributed by atoms with van der Waals surface area (Å²) >= 11 is 1.69. The molecule has 26 heavy (non-hydrogen) atoms. The van der Waals surface area contributed by atoms with Crippen molar-refractivity contribution in [3.8, 4) is 11.1 Å². The van der Waals surface area contributed by atoms with Gasteiger partial charge in [-0.05, 0) is 65.8 Å². The molecule has 2 aromatic rings. The third-order valence-electron chi connectivity index (χ3n) is 5.41. The molecule has 2 saturated heterocycles. The van der Waals surface area contributed by atoms with E-state index >= 15 is 0 Å². The second kappa shape index (κ2) is 8.33. The lowest BCUT2D eigenvalue weighted by Crippen LogP contribution is -2.46. The molecule has 0 bridgehead atoms. The van der Waals surface area contributed by atoms with E-state index in [4.69, 9.17) is 4.74 Å². The number of hydrogen-bond donors (Lipinski definition) is 1. The summed E-state index contributed by atoms with van der Waals surface area (Å²) < 4.78 is 5.73. The Morgan fingerprint density at radius 3 is 2.58 bits per heavy atom. The number of carbonyl (C=O) groups excluding carboxylic acids is 1. The van der Waals surface area contributed by atoms with Crippen molar-refractivity contribution in [3.63, 3.8) is 0 Å². The number of ether oxygens (including phenoxy) is 1. The SMILES string of the molecule is O=C(NC1CCN(C[C@@H]2CCCO2)CC1)c1ccc(-c2ccsc2)cc1. The largest absolute Gasteiger partial charge is 0.377 e.